The summed E-state index contributed by atoms with van der Waals surface area (Å²) >= 11 is 0. The van der Waals surface area contributed by atoms with E-state index in [9.17, 15) is 4.79 Å². The summed E-state index contributed by atoms with van der Waals surface area (Å²) in [5.41, 5.74) is 1.25. The second-order valence-corrected chi connectivity index (χ2v) is 4.97. The van der Waals surface area contributed by atoms with Crippen molar-refractivity contribution in [1.82, 2.24) is 15.0 Å². The predicted octanol–water partition coefficient (Wildman–Crippen LogP) is 1.98. The van der Waals surface area contributed by atoms with Crippen LogP contribution in [0.4, 0.5) is 0 Å². The first-order valence-corrected chi connectivity index (χ1v) is 6.50. The van der Waals surface area contributed by atoms with E-state index in [1.54, 1.807) is 18.0 Å². The van der Waals surface area contributed by atoms with Gasteiger partial charge in [-0.2, -0.15) is 0 Å². The summed E-state index contributed by atoms with van der Waals surface area (Å²) in [6, 6.07) is 11.3. The third-order valence-corrected chi connectivity index (χ3v) is 3.02. The van der Waals surface area contributed by atoms with E-state index in [4.69, 9.17) is 4.52 Å². The maximum Gasteiger partial charge on any atom is 0.275 e. The van der Waals surface area contributed by atoms with E-state index < -0.39 is 0 Å². The van der Waals surface area contributed by atoms with E-state index in [2.05, 4.69) is 5.16 Å². The second kappa shape index (κ2) is 6.34. The Morgan fingerprint density at radius 2 is 1.85 bits per heavy atom. The summed E-state index contributed by atoms with van der Waals surface area (Å²) in [6.45, 7) is 1.46. The molecular formula is C15H19N3O2. The van der Waals surface area contributed by atoms with E-state index in [1.165, 1.54) is 0 Å². The Bertz CT molecular complexity index is 564. The Kier molecular flexibility index (Phi) is 4.53. The fourth-order valence-corrected chi connectivity index (χ4v) is 1.76. The zero-order chi connectivity index (χ0) is 14.5. The molecule has 1 aromatic carbocycles. The average Bonchev–Trinajstić information content (AvgIpc) is 2.94. The Hall–Kier alpha value is -2.14. The molecule has 1 heterocycles. The molecule has 0 aliphatic heterocycles. The van der Waals surface area contributed by atoms with Crippen molar-refractivity contribution in [2.24, 2.45) is 0 Å². The van der Waals surface area contributed by atoms with Crippen LogP contribution in [0.25, 0.3) is 11.3 Å². The fraction of sp³-hybridized carbons (Fsp3) is 0.333. The molecule has 0 spiro atoms. The molecule has 0 radical (unpaired) electrons. The molecule has 0 aliphatic rings. The van der Waals surface area contributed by atoms with E-state index in [1.807, 2.05) is 49.3 Å². The fourth-order valence-electron chi connectivity index (χ4n) is 1.76. The zero-order valence-electron chi connectivity index (χ0n) is 12.0. The molecule has 0 saturated heterocycles. The summed E-state index contributed by atoms with van der Waals surface area (Å²) in [5, 5.41) is 3.86. The first-order chi connectivity index (χ1) is 9.58. The van der Waals surface area contributed by atoms with Crippen molar-refractivity contribution < 1.29 is 9.32 Å². The van der Waals surface area contributed by atoms with E-state index in [0.29, 0.717) is 18.0 Å². The summed E-state index contributed by atoms with van der Waals surface area (Å²) in [7, 11) is 5.71. The van der Waals surface area contributed by atoms with Gasteiger partial charge in [-0.05, 0) is 14.1 Å². The van der Waals surface area contributed by atoms with Gasteiger partial charge in [0.25, 0.3) is 5.91 Å². The van der Waals surface area contributed by atoms with Crippen molar-refractivity contribution in [3.05, 3.63) is 42.1 Å². The average molecular weight is 273 g/mol. The van der Waals surface area contributed by atoms with Gasteiger partial charge in [0.2, 0.25) is 0 Å². The van der Waals surface area contributed by atoms with Crippen LogP contribution in [0.5, 0.6) is 0 Å². The number of likely N-dealkylation sites (N-methyl/N-ethyl adjacent to an activating group) is 2. The monoisotopic (exact) mass is 273 g/mol. The SMILES string of the molecule is CN(C)CCN(C)C(=O)c1cc(-c2ccccc2)on1. The molecule has 0 unspecified atom stereocenters. The van der Waals surface area contributed by atoms with Crippen LogP contribution in [0.15, 0.2) is 40.9 Å². The molecule has 0 fully saturated rings. The van der Waals surface area contributed by atoms with E-state index in [-0.39, 0.29) is 5.91 Å². The van der Waals surface area contributed by atoms with Crippen molar-refractivity contribution in [1.29, 1.82) is 0 Å². The Balaban J connectivity index is 2.07. The van der Waals surface area contributed by atoms with Gasteiger partial charge >= 0.3 is 0 Å². The number of hydrogen-bond donors (Lipinski definition) is 0. The molecule has 0 aliphatic carbocycles. The second-order valence-electron chi connectivity index (χ2n) is 4.97. The van der Waals surface area contributed by atoms with E-state index >= 15 is 0 Å². The van der Waals surface area contributed by atoms with Crippen molar-refractivity contribution in [2.45, 2.75) is 0 Å². The molecule has 1 amide bonds. The van der Waals surface area contributed by atoms with Crippen molar-refractivity contribution in [3.63, 3.8) is 0 Å². The maximum atomic E-state index is 12.2. The summed E-state index contributed by atoms with van der Waals surface area (Å²) < 4.78 is 5.24. The lowest BCUT2D eigenvalue weighted by Crippen LogP contribution is -2.33. The Morgan fingerprint density at radius 3 is 2.50 bits per heavy atom. The molecule has 2 aromatic rings. The van der Waals surface area contributed by atoms with Crippen molar-refractivity contribution >= 4 is 5.91 Å². The Labute approximate surface area is 118 Å². The molecule has 106 valence electrons. The van der Waals surface area contributed by atoms with Gasteiger partial charge in [0, 0.05) is 31.8 Å². The van der Waals surface area contributed by atoms with Crippen LogP contribution >= 0.6 is 0 Å². The van der Waals surface area contributed by atoms with Crippen LogP contribution in [0.2, 0.25) is 0 Å². The molecule has 0 atom stereocenters. The summed E-state index contributed by atoms with van der Waals surface area (Å²) in [6.07, 6.45) is 0. The largest absolute Gasteiger partial charge is 0.355 e. The number of carbonyl (C=O) groups is 1. The lowest BCUT2D eigenvalue weighted by atomic mass is 10.1. The quantitative estimate of drug-likeness (QED) is 0.835. The molecule has 0 N–H and O–H groups in total. The van der Waals surface area contributed by atoms with Crippen LogP contribution < -0.4 is 0 Å². The third kappa shape index (κ3) is 3.45. The lowest BCUT2D eigenvalue weighted by molar-refractivity contribution is 0.0776. The third-order valence-electron chi connectivity index (χ3n) is 3.02. The normalized spacial score (nSPS) is 10.8. The summed E-state index contributed by atoms with van der Waals surface area (Å²) in [4.78, 5) is 15.9. The number of benzene rings is 1. The topological polar surface area (TPSA) is 49.6 Å². The van der Waals surface area contributed by atoms with Crippen molar-refractivity contribution in [3.8, 4) is 11.3 Å². The first kappa shape index (κ1) is 14.3. The number of carbonyl (C=O) groups excluding carboxylic acids is 1. The van der Waals surface area contributed by atoms with Gasteiger partial charge in [-0.25, -0.2) is 0 Å². The summed E-state index contributed by atoms with van der Waals surface area (Å²) in [5.74, 6) is 0.479. The predicted molar refractivity (Wildman–Crippen MR) is 77.5 cm³/mol. The molecule has 20 heavy (non-hydrogen) atoms. The molecule has 0 bridgehead atoms. The standard InChI is InChI=1S/C15H19N3O2/c1-17(2)9-10-18(3)15(19)13-11-14(20-16-13)12-7-5-4-6-8-12/h4-8,11H,9-10H2,1-3H3. The van der Waals surface area contributed by atoms with Crippen molar-refractivity contribution in [2.75, 3.05) is 34.2 Å². The number of hydrogen-bond acceptors (Lipinski definition) is 4. The van der Waals surface area contributed by atoms with Gasteiger partial charge in [0.05, 0.1) is 0 Å². The van der Waals surface area contributed by atoms with Gasteiger partial charge in [0.1, 0.15) is 0 Å². The molecular weight excluding hydrogens is 254 g/mol. The first-order valence-electron chi connectivity index (χ1n) is 6.50. The minimum absolute atomic E-state index is 0.127. The molecule has 2 rings (SSSR count). The maximum absolute atomic E-state index is 12.2. The van der Waals surface area contributed by atoms with Gasteiger partial charge in [-0.1, -0.05) is 35.5 Å². The van der Waals surface area contributed by atoms with Gasteiger partial charge in [-0.15, -0.1) is 0 Å². The van der Waals surface area contributed by atoms with Gasteiger partial charge in [-0.3, -0.25) is 4.79 Å². The minimum atomic E-state index is -0.127. The van der Waals surface area contributed by atoms with Crippen LogP contribution in [-0.2, 0) is 0 Å². The molecule has 5 heteroatoms. The highest BCUT2D eigenvalue weighted by atomic mass is 16.5. The molecule has 0 saturated carbocycles. The number of nitrogens with zero attached hydrogens (tertiary/aromatic N) is 3. The Morgan fingerprint density at radius 1 is 1.15 bits per heavy atom. The smallest absolute Gasteiger partial charge is 0.275 e. The van der Waals surface area contributed by atoms with Gasteiger partial charge < -0.3 is 14.3 Å². The van der Waals surface area contributed by atoms with E-state index in [0.717, 1.165) is 12.1 Å². The highest BCUT2D eigenvalue weighted by Gasteiger charge is 2.17. The number of amides is 1. The van der Waals surface area contributed by atoms with Crippen LogP contribution in [0, 0.1) is 0 Å². The highest BCUT2D eigenvalue weighted by Crippen LogP contribution is 2.20. The number of aromatic nitrogens is 1. The minimum Gasteiger partial charge on any atom is -0.355 e. The molecule has 5 nitrogen and oxygen atoms in total. The highest BCUT2D eigenvalue weighted by molar-refractivity contribution is 5.92. The van der Waals surface area contributed by atoms with Crippen LogP contribution in [-0.4, -0.2) is 55.1 Å². The molecule has 1 aromatic heterocycles. The van der Waals surface area contributed by atoms with Crippen LogP contribution in [0.1, 0.15) is 10.5 Å². The zero-order valence-corrected chi connectivity index (χ0v) is 12.0. The number of rotatable bonds is 5. The van der Waals surface area contributed by atoms with Crippen LogP contribution in [0.3, 0.4) is 0 Å². The van der Waals surface area contributed by atoms with Gasteiger partial charge in [0.15, 0.2) is 11.5 Å². The lowest BCUT2D eigenvalue weighted by Gasteiger charge is -2.18.